The molecule has 1 fully saturated rings. The van der Waals surface area contributed by atoms with E-state index in [2.05, 4.69) is 27.7 Å². The lowest BCUT2D eigenvalue weighted by molar-refractivity contribution is -0.143. The van der Waals surface area contributed by atoms with Gasteiger partial charge in [-0.05, 0) is 26.2 Å². The minimum absolute atomic E-state index is 0.330. The summed E-state index contributed by atoms with van der Waals surface area (Å²) < 4.78 is 0. The SMILES string of the molecule is CC(C)CC(=O)N1C(C)CC1C. The van der Waals surface area contributed by atoms with Crippen molar-refractivity contribution in [2.75, 3.05) is 0 Å². The van der Waals surface area contributed by atoms with Crippen molar-refractivity contribution >= 4 is 5.91 Å². The van der Waals surface area contributed by atoms with Gasteiger partial charge in [-0.15, -0.1) is 0 Å². The van der Waals surface area contributed by atoms with Crippen molar-refractivity contribution in [2.24, 2.45) is 5.92 Å². The molecule has 70 valence electrons. The van der Waals surface area contributed by atoms with Crippen LogP contribution in [0.5, 0.6) is 0 Å². The summed E-state index contributed by atoms with van der Waals surface area (Å²) in [5, 5.41) is 0. The predicted molar refractivity (Wildman–Crippen MR) is 49.8 cm³/mol. The third kappa shape index (κ3) is 1.79. The minimum Gasteiger partial charge on any atom is -0.337 e. The summed E-state index contributed by atoms with van der Waals surface area (Å²) in [5.41, 5.74) is 0. The number of carbonyl (C=O) groups excluding carboxylic acids is 1. The summed E-state index contributed by atoms with van der Waals surface area (Å²) in [4.78, 5) is 13.6. The van der Waals surface area contributed by atoms with Gasteiger partial charge in [0.15, 0.2) is 0 Å². The van der Waals surface area contributed by atoms with E-state index >= 15 is 0 Å². The van der Waals surface area contributed by atoms with Crippen LogP contribution in [0.4, 0.5) is 0 Å². The van der Waals surface area contributed by atoms with Gasteiger partial charge in [0.05, 0.1) is 0 Å². The Labute approximate surface area is 74.9 Å². The van der Waals surface area contributed by atoms with Crippen LogP contribution in [-0.2, 0) is 4.79 Å². The number of carbonyl (C=O) groups is 1. The molecule has 0 aliphatic carbocycles. The van der Waals surface area contributed by atoms with E-state index < -0.39 is 0 Å². The Kier molecular flexibility index (Phi) is 2.76. The molecule has 1 heterocycles. The second-order valence-corrected chi connectivity index (χ2v) is 4.33. The number of hydrogen-bond donors (Lipinski definition) is 0. The van der Waals surface area contributed by atoms with Crippen molar-refractivity contribution < 1.29 is 4.79 Å². The van der Waals surface area contributed by atoms with Gasteiger partial charge in [-0.1, -0.05) is 13.8 Å². The second kappa shape index (κ2) is 3.46. The lowest BCUT2D eigenvalue weighted by Crippen LogP contribution is -2.55. The maximum Gasteiger partial charge on any atom is 0.223 e. The van der Waals surface area contributed by atoms with Crippen molar-refractivity contribution in [3.8, 4) is 0 Å². The topological polar surface area (TPSA) is 20.3 Å². The first-order chi connectivity index (χ1) is 5.52. The molecule has 2 nitrogen and oxygen atoms in total. The monoisotopic (exact) mass is 169 g/mol. The van der Waals surface area contributed by atoms with E-state index in [0.29, 0.717) is 30.3 Å². The van der Waals surface area contributed by atoms with Gasteiger partial charge in [0.1, 0.15) is 0 Å². The molecular formula is C10H19NO. The molecule has 1 amide bonds. The van der Waals surface area contributed by atoms with Gasteiger partial charge in [-0.3, -0.25) is 4.79 Å². The average molecular weight is 169 g/mol. The van der Waals surface area contributed by atoms with E-state index in [1.54, 1.807) is 0 Å². The van der Waals surface area contributed by atoms with Gasteiger partial charge in [0.2, 0.25) is 5.91 Å². The fourth-order valence-electron chi connectivity index (χ4n) is 1.96. The van der Waals surface area contributed by atoms with Gasteiger partial charge >= 0.3 is 0 Å². The molecular weight excluding hydrogens is 150 g/mol. The quantitative estimate of drug-likeness (QED) is 0.619. The highest BCUT2D eigenvalue weighted by Gasteiger charge is 2.35. The summed E-state index contributed by atoms with van der Waals surface area (Å²) in [6.45, 7) is 8.43. The zero-order chi connectivity index (χ0) is 9.30. The molecule has 0 bridgehead atoms. The second-order valence-electron chi connectivity index (χ2n) is 4.33. The fraction of sp³-hybridized carbons (Fsp3) is 0.900. The van der Waals surface area contributed by atoms with E-state index in [-0.39, 0.29) is 0 Å². The Morgan fingerprint density at radius 3 is 2.25 bits per heavy atom. The molecule has 12 heavy (non-hydrogen) atoms. The van der Waals surface area contributed by atoms with Crippen LogP contribution in [0.2, 0.25) is 0 Å². The summed E-state index contributed by atoms with van der Waals surface area (Å²) in [6, 6.07) is 0.956. The van der Waals surface area contributed by atoms with Crippen LogP contribution >= 0.6 is 0 Å². The lowest BCUT2D eigenvalue weighted by Gasteiger charge is -2.45. The number of amides is 1. The van der Waals surface area contributed by atoms with Crippen LogP contribution in [0.1, 0.15) is 40.5 Å². The summed E-state index contributed by atoms with van der Waals surface area (Å²) in [5.74, 6) is 0.814. The molecule has 0 aromatic rings. The Hall–Kier alpha value is -0.530. The molecule has 0 spiro atoms. The molecule has 2 heteroatoms. The van der Waals surface area contributed by atoms with Crippen molar-refractivity contribution in [3.05, 3.63) is 0 Å². The van der Waals surface area contributed by atoms with Crippen molar-refractivity contribution in [1.82, 2.24) is 4.90 Å². The highest BCUT2D eigenvalue weighted by Crippen LogP contribution is 2.26. The van der Waals surface area contributed by atoms with Gasteiger partial charge in [-0.2, -0.15) is 0 Å². The summed E-state index contributed by atoms with van der Waals surface area (Å²) in [6.07, 6.45) is 1.87. The van der Waals surface area contributed by atoms with Crippen LogP contribution in [-0.4, -0.2) is 22.9 Å². The van der Waals surface area contributed by atoms with Crippen molar-refractivity contribution in [3.63, 3.8) is 0 Å². The maximum absolute atomic E-state index is 11.6. The number of rotatable bonds is 2. The van der Waals surface area contributed by atoms with E-state index in [1.165, 1.54) is 6.42 Å². The number of nitrogens with zero attached hydrogens (tertiary/aromatic N) is 1. The molecule has 1 aliphatic rings. The van der Waals surface area contributed by atoms with Gasteiger partial charge in [-0.25, -0.2) is 0 Å². The van der Waals surface area contributed by atoms with E-state index in [0.717, 1.165) is 0 Å². The molecule has 2 atom stereocenters. The Balaban J connectivity index is 2.41. The third-order valence-electron chi connectivity index (χ3n) is 2.50. The number of hydrogen-bond acceptors (Lipinski definition) is 1. The summed E-state index contributed by atoms with van der Waals surface area (Å²) in [7, 11) is 0. The molecule has 0 N–H and O–H groups in total. The summed E-state index contributed by atoms with van der Waals surface area (Å²) >= 11 is 0. The first-order valence-electron chi connectivity index (χ1n) is 4.83. The van der Waals surface area contributed by atoms with E-state index in [1.807, 2.05) is 4.90 Å². The van der Waals surface area contributed by atoms with Gasteiger partial charge in [0, 0.05) is 18.5 Å². The van der Waals surface area contributed by atoms with Crippen molar-refractivity contribution in [2.45, 2.75) is 52.6 Å². The molecule has 2 unspecified atom stereocenters. The largest absolute Gasteiger partial charge is 0.337 e. The predicted octanol–water partition coefficient (Wildman–Crippen LogP) is 2.04. The fourth-order valence-corrected chi connectivity index (χ4v) is 1.96. The standard InChI is InChI=1S/C10H19NO/c1-7(2)5-10(12)11-8(3)6-9(11)4/h7-9H,5-6H2,1-4H3. The smallest absolute Gasteiger partial charge is 0.223 e. The van der Waals surface area contributed by atoms with Gasteiger partial charge in [0.25, 0.3) is 0 Å². The molecule has 1 rings (SSSR count). The molecule has 0 saturated carbocycles. The van der Waals surface area contributed by atoms with Crippen LogP contribution in [0.15, 0.2) is 0 Å². The zero-order valence-corrected chi connectivity index (χ0v) is 8.50. The zero-order valence-electron chi connectivity index (χ0n) is 8.50. The van der Waals surface area contributed by atoms with Crippen LogP contribution in [0.25, 0.3) is 0 Å². The van der Waals surface area contributed by atoms with E-state index in [9.17, 15) is 4.79 Å². The molecule has 1 aliphatic heterocycles. The van der Waals surface area contributed by atoms with Crippen molar-refractivity contribution in [1.29, 1.82) is 0 Å². The molecule has 0 aromatic carbocycles. The normalized spacial score (nSPS) is 28.9. The molecule has 0 radical (unpaired) electrons. The molecule has 0 aromatic heterocycles. The van der Waals surface area contributed by atoms with Crippen LogP contribution < -0.4 is 0 Å². The minimum atomic E-state index is 0.330. The third-order valence-corrected chi connectivity index (χ3v) is 2.50. The van der Waals surface area contributed by atoms with E-state index in [4.69, 9.17) is 0 Å². The van der Waals surface area contributed by atoms with Crippen LogP contribution in [0.3, 0.4) is 0 Å². The lowest BCUT2D eigenvalue weighted by atomic mass is 9.94. The maximum atomic E-state index is 11.6. The first kappa shape index (κ1) is 9.56. The number of likely N-dealkylation sites (tertiary alicyclic amines) is 1. The highest BCUT2D eigenvalue weighted by molar-refractivity contribution is 5.77. The van der Waals surface area contributed by atoms with Crippen LogP contribution in [0, 0.1) is 5.92 Å². The Morgan fingerprint density at radius 1 is 1.42 bits per heavy atom. The average Bonchev–Trinajstić information content (AvgIpc) is 1.83. The Bertz CT molecular complexity index is 169. The first-order valence-corrected chi connectivity index (χ1v) is 4.83. The Morgan fingerprint density at radius 2 is 1.92 bits per heavy atom. The highest BCUT2D eigenvalue weighted by atomic mass is 16.2. The molecule has 1 saturated heterocycles. The van der Waals surface area contributed by atoms with Gasteiger partial charge < -0.3 is 4.90 Å².